The lowest BCUT2D eigenvalue weighted by molar-refractivity contribution is 0.727. The fraction of sp³-hybridized carbons (Fsp3) is 0.400. The van der Waals surface area contributed by atoms with Crippen LogP contribution in [0.15, 0.2) is 33.3 Å². The number of hydrogen-bond donors (Lipinski definition) is 0. The third-order valence-electron chi connectivity index (χ3n) is 1.89. The molecule has 1 atom stereocenters. The van der Waals surface area contributed by atoms with Crippen LogP contribution in [-0.2, 0) is 0 Å². The lowest BCUT2D eigenvalue weighted by atomic mass is 10.0. The Morgan fingerprint density at radius 2 is 2.25 bits per heavy atom. The molecule has 0 aliphatic heterocycles. The molecule has 0 radical (unpaired) electrons. The summed E-state index contributed by atoms with van der Waals surface area (Å²) in [6, 6.07) is 0. The van der Waals surface area contributed by atoms with Crippen molar-refractivity contribution in [1.29, 1.82) is 0 Å². The molecule has 0 saturated carbocycles. The van der Waals surface area contributed by atoms with Crippen molar-refractivity contribution in [1.82, 2.24) is 0 Å². The van der Waals surface area contributed by atoms with Crippen LogP contribution in [0.5, 0.6) is 0 Å². The largest absolute Gasteiger partial charge is 0.0876 e. The molecule has 0 spiro atoms. The number of halogens is 2. The van der Waals surface area contributed by atoms with E-state index in [0.717, 1.165) is 15.9 Å². The molecule has 0 aromatic rings. The number of hydrogen-bond acceptors (Lipinski definition) is 0. The van der Waals surface area contributed by atoms with Gasteiger partial charge in [-0.1, -0.05) is 36.2 Å². The highest BCUT2D eigenvalue weighted by atomic mass is 79.9. The lowest BCUT2D eigenvalue weighted by Gasteiger charge is -2.11. The summed E-state index contributed by atoms with van der Waals surface area (Å²) in [5.74, 6) is 0.418. The molecule has 12 heavy (non-hydrogen) atoms. The van der Waals surface area contributed by atoms with Gasteiger partial charge in [0.25, 0.3) is 0 Å². The van der Waals surface area contributed by atoms with Crippen molar-refractivity contribution in [2.24, 2.45) is 5.92 Å². The summed E-state index contributed by atoms with van der Waals surface area (Å²) in [6.07, 6.45) is 7.35. The molecule has 0 heterocycles. The predicted octanol–water partition coefficient (Wildman–Crippen LogP) is 4.37. The van der Waals surface area contributed by atoms with Gasteiger partial charge in [-0.25, -0.2) is 0 Å². The third-order valence-corrected chi connectivity index (χ3v) is 3.35. The Bertz CT molecular complexity index is 261. The third kappa shape index (κ3) is 2.49. The Kier molecular flexibility index (Phi) is 3.60. The van der Waals surface area contributed by atoms with Crippen LogP contribution in [0.25, 0.3) is 0 Å². The van der Waals surface area contributed by atoms with Crippen molar-refractivity contribution in [3.8, 4) is 0 Å². The average Bonchev–Trinajstić information content (AvgIpc) is 2.01. The van der Waals surface area contributed by atoms with Gasteiger partial charge < -0.3 is 0 Å². The molecule has 66 valence electrons. The minimum atomic E-state index is 0.418. The first-order valence-electron chi connectivity index (χ1n) is 4.01. The fourth-order valence-electron chi connectivity index (χ4n) is 1.11. The normalized spacial score (nSPS) is 38.0. The zero-order valence-electron chi connectivity index (χ0n) is 7.27. The fourth-order valence-corrected chi connectivity index (χ4v) is 2.01. The molecular formula is C10H12BrCl. The van der Waals surface area contributed by atoms with Crippen LogP contribution >= 0.6 is 27.5 Å². The van der Waals surface area contributed by atoms with Crippen molar-refractivity contribution < 1.29 is 0 Å². The van der Waals surface area contributed by atoms with E-state index >= 15 is 0 Å². The Hall–Kier alpha value is -0.0100. The van der Waals surface area contributed by atoms with Gasteiger partial charge in [-0.15, -0.1) is 0 Å². The van der Waals surface area contributed by atoms with Gasteiger partial charge in [0.1, 0.15) is 0 Å². The molecule has 0 N–H and O–H groups in total. The van der Waals surface area contributed by atoms with E-state index in [9.17, 15) is 0 Å². The molecule has 0 saturated heterocycles. The van der Waals surface area contributed by atoms with Gasteiger partial charge in [0, 0.05) is 9.51 Å². The summed E-state index contributed by atoms with van der Waals surface area (Å²) < 4.78 is 1.01. The zero-order chi connectivity index (χ0) is 9.14. The predicted molar refractivity (Wildman–Crippen MR) is 58.5 cm³/mol. The quantitative estimate of drug-likeness (QED) is 0.596. The Balaban J connectivity index is 3.02. The van der Waals surface area contributed by atoms with Crippen molar-refractivity contribution >= 4 is 27.5 Å². The summed E-state index contributed by atoms with van der Waals surface area (Å²) in [6.45, 7) is 4.19. The summed E-state index contributed by atoms with van der Waals surface area (Å²) >= 11 is 9.57. The monoisotopic (exact) mass is 246 g/mol. The van der Waals surface area contributed by atoms with Crippen LogP contribution in [0, 0.1) is 5.92 Å². The second-order valence-electron chi connectivity index (χ2n) is 3.12. The Labute approximate surface area is 87.1 Å². The summed E-state index contributed by atoms with van der Waals surface area (Å²) in [4.78, 5) is 0. The molecule has 0 aromatic heterocycles. The first-order chi connectivity index (χ1) is 5.61. The molecule has 1 aliphatic rings. The van der Waals surface area contributed by atoms with Crippen molar-refractivity contribution in [2.45, 2.75) is 20.3 Å². The smallest absolute Gasteiger partial charge is 0.0354 e. The van der Waals surface area contributed by atoms with Gasteiger partial charge in [0.15, 0.2) is 0 Å². The van der Waals surface area contributed by atoms with Crippen LogP contribution in [0.3, 0.4) is 0 Å². The number of rotatable bonds is 0. The minimum Gasteiger partial charge on any atom is -0.0876 e. The topological polar surface area (TPSA) is 0 Å². The first-order valence-corrected chi connectivity index (χ1v) is 5.18. The summed E-state index contributed by atoms with van der Waals surface area (Å²) in [5.41, 5.74) is 1.23. The number of allylic oxidation sites excluding steroid dienone is 6. The van der Waals surface area contributed by atoms with E-state index in [0.29, 0.717) is 5.92 Å². The highest BCUT2D eigenvalue weighted by Gasteiger charge is 2.09. The molecule has 0 aromatic carbocycles. The van der Waals surface area contributed by atoms with E-state index in [4.69, 9.17) is 11.6 Å². The average molecular weight is 248 g/mol. The van der Waals surface area contributed by atoms with Crippen LogP contribution in [0.1, 0.15) is 20.3 Å². The van der Waals surface area contributed by atoms with Crippen molar-refractivity contribution in [2.75, 3.05) is 0 Å². The second-order valence-corrected chi connectivity index (χ2v) is 4.38. The molecule has 0 amide bonds. The van der Waals surface area contributed by atoms with Crippen molar-refractivity contribution in [3.63, 3.8) is 0 Å². The van der Waals surface area contributed by atoms with Crippen LogP contribution < -0.4 is 0 Å². The van der Waals surface area contributed by atoms with E-state index in [2.05, 4.69) is 48.0 Å². The Morgan fingerprint density at radius 3 is 2.92 bits per heavy atom. The van der Waals surface area contributed by atoms with E-state index in [1.165, 1.54) is 5.57 Å². The Morgan fingerprint density at radius 1 is 1.58 bits per heavy atom. The van der Waals surface area contributed by atoms with Gasteiger partial charge in [-0.05, 0) is 41.3 Å². The van der Waals surface area contributed by atoms with Crippen LogP contribution in [0.2, 0.25) is 0 Å². The summed E-state index contributed by atoms with van der Waals surface area (Å²) in [7, 11) is 0. The molecule has 0 bridgehead atoms. The molecule has 2 heteroatoms. The van der Waals surface area contributed by atoms with Crippen molar-refractivity contribution in [3.05, 3.63) is 33.3 Å². The summed E-state index contributed by atoms with van der Waals surface area (Å²) in [5, 5.41) is 0.915. The lowest BCUT2D eigenvalue weighted by Crippen LogP contribution is -1.95. The molecule has 0 nitrogen and oxygen atoms in total. The maximum absolute atomic E-state index is 6.11. The molecule has 1 rings (SSSR count). The molecule has 1 unspecified atom stereocenters. The minimum absolute atomic E-state index is 0.418. The van der Waals surface area contributed by atoms with E-state index < -0.39 is 0 Å². The second kappa shape index (κ2) is 4.29. The van der Waals surface area contributed by atoms with Gasteiger partial charge >= 0.3 is 0 Å². The molecular weight excluding hydrogens is 235 g/mol. The van der Waals surface area contributed by atoms with Crippen LogP contribution in [-0.4, -0.2) is 0 Å². The highest BCUT2D eigenvalue weighted by Crippen LogP contribution is 2.29. The van der Waals surface area contributed by atoms with E-state index in [1.807, 2.05) is 0 Å². The van der Waals surface area contributed by atoms with Gasteiger partial charge in [-0.2, -0.15) is 0 Å². The van der Waals surface area contributed by atoms with E-state index in [1.54, 1.807) is 0 Å². The van der Waals surface area contributed by atoms with E-state index in [-0.39, 0.29) is 0 Å². The standard InChI is InChI=1S/C10H12BrCl/c1-7-4-3-5-8(2)10(12)9(11)6-7/h3-4,6,8H,5H2,1-2H3/b4-3+,7-6-,10-9-. The maximum atomic E-state index is 6.11. The maximum Gasteiger partial charge on any atom is 0.0354 e. The van der Waals surface area contributed by atoms with Crippen LogP contribution in [0.4, 0.5) is 0 Å². The van der Waals surface area contributed by atoms with Gasteiger partial charge in [0.2, 0.25) is 0 Å². The SMILES string of the molecule is CC1=C/C(Br)=C(/Cl)C(C)C\C=C\1. The molecule has 1 aliphatic carbocycles. The van der Waals surface area contributed by atoms with Gasteiger partial charge in [0.05, 0.1) is 0 Å². The molecule has 0 fully saturated rings. The highest BCUT2D eigenvalue weighted by molar-refractivity contribution is 9.12. The first kappa shape index (κ1) is 10.1. The zero-order valence-corrected chi connectivity index (χ0v) is 9.61. The van der Waals surface area contributed by atoms with Gasteiger partial charge in [-0.3, -0.25) is 0 Å².